The Morgan fingerprint density at radius 1 is 1.62 bits per heavy atom. The standard InChI is InChI=1S/C11H21NO4/c1-5-6-16-8-9(13)7-12-11(2,3)10(14)15-4/h5,9,12-13H,1,6-8H2,2-4H3. The Morgan fingerprint density at radius 2 is 2.25 bits per heavy atom. The van der Waals surface area contributed by atoms with Gasteiger partial charge in [0.2, 0.25) is 0 Å². The first-order valence-electron chi connectivity index (χ1n) is 5.14. The Morgan fingerprint density at radius 3 is 2.75 bits per heavy atom. The average Bonchev–Trinajstić information content (AvgIpc) is 2.25. The molecule has 0 rings (SSSR count). The van der Waals surface area contributed by atoms with E-state index in [0.717, 1.165) is 0 Å². The minimum atomic E-state index is -0.811. The van der Waals surface area contributed by atoms with Gasteiger partial charge >= 0.3 is 5.97 Å². The van der Waals surface area contributed by atoms with Gasteiger partial charge in [-0.2, -0.15) is 0 Å². The largest absolute Gasteiger partial charge is 0.468 e. The Bertz CT molecular complexity index is 228. The number of β-amino-alcohol motifs (C(OH)–C–C–N with tert-alkyl or cyclic N) is 1. The van der Waals surface area contributed by atoms with Crippen LogP contribution in [0, 0.1) is 0 Å². The number of aliphatic hydroxyl groups is 1. The SMILES string of the molecule is C=CCOCC(O)CNC(C)(C)C(=O)OC. The zero-order valence-corrected chi connectivity index (χ0v) is 10.2. The van der Waals surface area contributed by atoms with Crippen molar-refractivity contribution in [2.45, 2.75) is 25.5 Å². The van der Waals surface area contributed by atoms with Crippen LogP contribution in [-0.4, -0.2) is 49.6 Å². The highest BCUT2D eigenvalue weighted by Gasteiger charge is 2.28. The van der Waals surface area contributed by atoms with E-state index in [0.29, 0.717) is 6.61 Å². The summed E-state index contributed by atoms with van der Waals surface area (Å²) < 4.78 is 9.69. The number of esters is 1. The van der Waals surface area contributed by atoms with E-state index in [9.17, 15) is 9.90 Å². The molecule has 0 saturated heterocycles. The van der Waals surface area contributed by atoms with E-state index in [2.05, 4.69) is 16.6 Å². The van der Waals surface area contributed by atoms with Crippen LogP contribution in [0.25, 0.3) is 0 Å². The van der Waals surface area contributed by atoms with Crippen LogP contribution in [-0.2, 0) is 14.3 Å². The van der Waals surface area contributed by atoms with Gasteiger partial charge in [-0.15, -0.1) is 6.58 Å². The molecule has 0 amide bonds. The lowest BCUT2D eigenvalue weighted by molar-refractivity contribution is -0.147. The van der Waals surface area contributed by atoms with Gasteiger partial charge in [-0.1, -0.05) is 6.08 Å². The number of hydrogen-bond acceptors (Lipinski definition) is 5. The summed E-state index contributed by atoms with van der Waals surface area (Å²) in [5.74, 6) is -0.369. The lowest BCUT2D eigenvalue weighted by Crippen LogP contribution is -2.50. The predicted octanol–water partition coefficient (Wildman–Crippen LogP) is 0.0911. The van der Waals surface area contributed by atoms with E-state index >= 15 is 0 Å². The summed E-state index contributed by atoms with van der Waals surface area (Å²) in [6.45, 7) is 7.74. The lowest BCUT2D eigenvalue weighted by Gasteiger charge is -2.24. The van der Waals surface area contributed by atoms with Crippen LogP contribution in [0.15, 0.2) is 12.7 Å². The maximum Gasteiger partial charge on any atom is 0.325 e. The Hall–Kier alpha value is -0.910. The second kappa shape index (κ2) is 7.38. The van der Waals surface area contributed by atoms with Crippen molar-refractivity contribution >= 4 is 5.97 Å². The topological polar surface area (TPSA) is 67.8 Å². The molecule has 0 bridgehead atoms. The molecule has 0 fully saturated rings. The van der Waals surface area contributed by atoms with Gasteiger partial charge in [-0.3, -0.25) is 10.1 Å². The fourth-order valence-corrected chi connectivity index (χ4v) is 1.05. The third kappa shape index (κ3) is 5.85. The third-order valence-electron chi connectivity index (χ3n) is 2.02. The fourth-order valence-electron chi connectivity index (χ4n) is 1.05. The number of methoxy groups -OCH3 is 1. The van der Waals surface area contributed by atoms with Crippen LogP contribution in [0.5, 0.6) is 0 Å². The minimum absolute atomic E-state index is 0.205. The van der Waals surface area contributed by atoms with Crippen molar-refractivity contribution in [3.8, 4) is 0 Å². The van der Waals surface area contributed by atoms with E-state index in [1.165, 1.54) is 7.11 Å². The second-order valence-electron chi connectivity index (χ2n) is 3.98. The number of carbonyl (C=O) groups excluding carboxylic acids is 1. The molecular formula is C11H21NO4. The summed E-state index contributed by atoms with van der Waals surface area (Å²) in [6.07, 6.45) is 0.947. The molecule has 16 heavy (non-hydrogen) atoms. The van der Waals surface area contributed by atoms with Crippen molar-refractivity contribution in [2.24, 2.45) is 0 Å². The molecule has 0 aromatic carbocycles. The fraction of sp³-hybridized carbons (Fsp3) is 0.727. The molecule has 0 saturated carbocycles. The number of nitrogens with one attached hydrogen (secondary N) is 1. The minimum Gasteiger partial charge on any atom is -0.468 e. The van der Waals surface area contributed by atoms with Crippen LogP contribution in [0.2, 0.25) is 0 Å². The molecule has 0 aliphatic carbocycles. The van der Waals surface area contributed by atoms with Gasteiger partial charge in [0.25, 0.3) is 0 Å². The van der Waals surface area contributed by atoms with Gasteiger partial charge in [0, 0.05) is 6.54 Å². The Kier molecular flexibility index (Phi) is 6.96. The van der Waals surface area contributed by atoms with E-state index in [1.807, 2.05) is 0 Å². The smallest absolute Gasteiger partial charge is 0.325 e. The summed E-state index contributed by atoms with van der Waals surface area (Å²) in [7, 11) is 1.33. The zero-order chi connectivity index (χ0) is 12.6. The normalized spacial score (nSPS) is 13.2. The third-order valence-corrected chi connectivity index (χ3v) is 2.02. The number of carbonyl (C=O) groups is 1. The first-order valence-corrected chi connectivity index (χ1v) is 5.14. The van der Waals surface area contributed by atoms with Crippen LogP contribution < -0.4 is 5.32 Å². The van der Waals surface area contributed by atoms with Crippen molar-refractivity contribution in [3.05, 3.63) is 12.7 Å². The van der Waals surface area contributed by atoms with E-state index < -0.39 is 11.6 Å². The average molecular weight is 231 g/mol. The molecule has 1 atom stereocenters. The van der Waals surface area contributed by atoms with Gasteiger partial charge < -0.3 is 14.6 Å². The van der Waals surface area contributed by atoms with Crippen molar-refractivity contribution in [1.29, 1.82) is 0 Å². The molecule has 0 aliphatic heterocycles. The molecular weight excluding hydrogens is 210 g/mol. The molecule has 5 heteroatoms. The molecule has 0 aliphatic rings. The van der Waals surface area contributed by atoms with Crippen LogP contribution in [0.1, 0.15) is 13.8 Å². The van der Waals surface area contributed by atoms with E-state index in [1.54, 1.807) is 19.9 Å². The first kappa shape index (κ1) is 15.1. The van der Waals surface area contributed by atoms with E-state index in [4.69, 9.17) is 4.74 Å². The van der Waals surface area contributed by atoms with Gasteiger partial charge in [-0.25, -0.2) is 0 Å². The summed E-state index contributed by atoms with van der Waals surface area (Å²) >= 11 is 0. The van der Waals surface area contributed by atoms with Crippen molar-refractivity contribution in [1.82, 2.24) is 5.32 Å². The van der Waals surface area contributed by atoms with Crippen molar-refractivity contribution in [3.63, 3.8) is 0 Å². The summed E-state index contributed by atoms with van der Waals surface area (Å²) in [6, 6.07) is 0. The summed E-state index contributed by atoms with van der Waals surface area (Å²) in [4.78, 5) is 11.3. The van der Waals surface area contributed by atoms with Crippen LogP contribution in [0.4, 0.5) is 0 Å². The quantitative estimate of drug-likeness (QED) is 0.352. The Labute approximate surface area is 96.4 Å². The van der Waals surface area contributed by atoms with Crippen molar-refractivity contribution < 1.29 is 19.4 Å². The molecule has 94 valence electrons. The molecule has 1 unspecified atom stereocenters. The first-order chi connectivity index (χ1) is 7.44. The highest BCUT2D eigenvalue weighted by molar-refractivity contribution is 5.79. The maximum absolute atomic E-state index is 11.3. The highest BCUT2D eigenvalue weighted by atomic mass is 16.5. The zero-order valence-electron chi connectivity index (χ0n) is 10.2. The molecule has 0 radical (unpaired) electrons. The predicted molar refractivity (Wildman–Crippen MR) is 61.1 cm³/mol. The summed E-state index contributed by atoms with van der Waals surface area (Å²) in [5, 5.41) is 12.4. The van der Waals surface area contributed by atoms with Gasteiger partial charge in [0.15, 0.2) is 0 Å². The highest BCUT2D eigenvalue weighted by Crippen LogP contribution is 2.04. The monoisotopic (exact) mass is 231 g/mol. The second-order valence-corrected chi connectivity index (χ2v) is 3.98. The molecule has 0 aromatic heterocycles. The molecule has 0 aromatic rings. The Balaban J connectivity index is 3.85. The van der Waals surface area contributed by atoms with E-state index in [-0.39, 0.29) is 19.1 Å². The molecule has 2 N–H and O–H groups in total. The van der Waals surface area contributed by atoms with Crippen LogP contribution in [0.3, 0.4) is 0 Å². The molecule has 0 spiro atoms. The van der Waals surface area contributed by atoms with Crippen LogP contribution >= 0.6 is 0 Å². The van der Waals surface area contributed by atoms with Gasteiger partial charge in [0.05, 0.1) is 26.4 Å². The number of hydrogen-bond donors (Lipinski definition) is 2. The van der Waals surface area contributed by atoms with Crippen molar-refractivity contribution in [2.75, 3.05) is 26.9 Å². The maximum atomic E-state index is 11.3. The molecule has 0 heterocycles. The number of ether oxygens (including phenoxy) is 2. The molecule has 5 nitrogen and oxygen atoms in total. The summed E-state index contributed by atoms with van der Waals surface area (Å²) in [5.41, 5.74) is -0.811. The van der Waals surface area contributed by atoms with Gasteiger partial charge in [-0.05, 0) is 13.8 Å². The number of rotatable bonds is 8. The number of aliphatic hydroxyl groups excluding tert-OH is 1. The lowest BCUT2D eigenvalue weighted by atomic mass is 10.1. The van der Waals surface area contributed by atoms with Gasteiger partial charge in [0.1, 0.15) is 5.54 Å².